The van der Waals surface area contributed by atoms with Crippen LogP contribution in [0, 0.1) is 23.7 Å². The van der Waals surface area contributed by atoms with E-state index in [1.54, 1.807) is 7.11 Å². The lowest BCUT2D eigenvalue weighted by atomic mass is 9.71. The van der Waals surface area contributed by atoms with Crippen molar-refractivity contribution in [2.24, 2.45) is 23.7 Å². The van der Waals surface area contributed by atoms with Crippen molar-refractivity contribution >= 4 is 5.78 Å². The number of carbonyl (C=O) groups excluding carboxylic acids is 1. The van der Waals surface area contributed by atoms with E-state index in [-0.39, 0.29) is 17.9 Å². The van der Waals surface area contributed by atoms with Crippen LogP contribution in [0.2, 0.25) is 0 Å². The van der Waals surface area contributed by atoms with Gasteiger partial charge in [0.25, 0.3) is 0 Å². The zero-order chi connectivity index (χ0) is 18.8. The van der Waals surface area contributed by atoms with Crippen molar-refractivity contribution in [1.29, 1.82) is 0 Å². The topological polar surface area (TPSA) is 35.5 Å². The van der Waals surface area contributed by atoms with Crippen LogP contribution in [0.25, 0.3) is 0 Å². The molecule has 1 aromatic rings. The molecule has 0 radical (unpaired) electrons. The molecule has 2 aliphatic rings. The average Bonchev–Trinajstić information content (AvgIpc) is 2.97. The Balaban J connectivity index is 1.85. The Bertz CT molecular complexity index is 703. The van der Waals surface area contributed by atoms with E-state index >= 15 is 0 Å². The first-order valence-electron chi connectivity index (χ1n) is 9.61. The van der Waals surface area contributed by atoms with Crippen LogP contribution in [0.15, 0.2) is 43.0 Å². The molecular formula is C23H30O3. The molecule has 2 fully saturated rings. The SMILES string of the molecule is C=C[C@@H]1C[C@H](Cc2ccc(OC)c(OC(C)C)c2)[C@@H]2C(=O)CCC(=C)[C@H]21. The third-order valence-electron chi connectivity index (χ3n) is 5.86. The lowest BCUT2D eigenvalue weighted by molar-refractivity contribution is -0.126. The molecule has 3 nitrogen and oxygen atoms in total. The lowest BCUT2D eigenvalue weighted by Crippen LogP contribution is -2.32. The van der Waals surface area contributed by atoms with Gasteiger partial charge in [0.1, 0.15) is 5.78 Å². The number of rotatable bonds is 6. The van der Waals surface area contributed by atoms with Gasteiger partial charge in [-0.15, -0.1) is 6.58 Å². The molecule has 0 spiro atoms. The van der Waals surface area contributed by atoms with Crippen molar-refractivity contribution < 1.29 is 14.3 Å². The highest BCUT2D eigenvalue weighted by Gasteiger charge is 2.48. The maximum absolute atomic E-state index is 12.7. The van der Waals surface area contributed by atoms with Gasteiger partial charge in [-0.2, -0.15) is 0 Å². The molecule has 0 N–H and O–H groups in total. The van der Waals surface area contributed by atoms with Crippen LogP contribution in [-0.2, 0) is 11.2 Å². The van der Waals surface area contributed by atoms with Gasteiger partial charge in [0, 0.05) is 12.3 Å². The maximum atomic E-state index is 12.7. The molecule has 26 heavy (non-hydrogen) atoms. The molecule has 0 aliphatic heterocycles. The number of Topliss-reactive ketones (excluding diaryl/α,β-unsaturated/α-hetero) is 1. The zero-order valence-electron chi connectivity index (χ0n) is 16.2. The van der Waals surface area contributed by atoms with Crippen molar-refractivity contribution in [1.82, 2.24) is 0 Å². The van der Waals surface area contributed by atoms with Crippen LogP contribution in [0.5, 0.6) is 11.5 Å². The molecule has 1 aromatic carbocycles. The first kappa shape index (κ1) is 18.8. The lowest BCUT2D eigenvalue weighted by Gasteiger charge is -2.31. The third-order valence-corrected chi connectivity index (χ3v) is 5.86. The van der Waals surface area contributed by atoms with E-state index in [1.165, 1.54) is 11.1 Å². The number of carbonyl (C=O) groups is 1. The number of hydrogen-bond donors (Lipinski definition) is 0. The second kappa shape index (κ2) is 7.69. The van der Waals surface area contributed by atoms with E-state index in [0.717, 1.165) is 30.8 Å². The molecule has 0 unspecified atom stereocenters. The molecule has 0 saturated heterocycles. The molecule has 0 aromatic heterocycles. The summed E-state index contributed by atoms with van der Waals surface area (Å²) in [6, 6.07) is 6.12. The average molecular weight is 354 g/mol. The van der Waals surface area contributed by atoms with E-state index in [2.05, 4.69) is 25.3 Å². The number of ketones is 1. The van der Waals surface area contributed by atoms with Crippen molar-refractivity contribution in [3.8, 4) is 11.5 Å². The van der Waals surface area contributed by atoms with Crippen molar-refractivity contribution in [2.45, 2.75) is 45.6 Å². The summed E-state index contributed by atoms with van der Waals surface area (Å²) in [5.41, 5.74) is 2.43. The first-order valence-corrected chi connectivity index (χ1v) is 9.61. The second-order valence-corrected chi connectivity index (χ2v) is 7.93. The number of hydrogen-bond acceptors (Lipinski definition) is 3. The molecular weight excluding hydrogens is 324 g/mol. The quantitative estimate of drug-likeness (QED) is 0.675. The van der Waals surface area contributed by atoms with Gasteiger partial charge in [0.2, 0.25) is 0 Å². The number of ether oxygens (including phenoxy) is 2. The predicted molar refractivity (Wildman–Crippen MR) is 105 cm³/mol. The minimum Gasteiger partial charge on any atom is -0.493 e. The van der Waals surface area contributed by atoms with E-state index in [0.29, 0.717) is 24.0 Å². The minimum absolute atomic E-state index is 0.0865. The van der Waals surface area contributed by atoms with E-state index in [4.69, 9.17) is 9.47 Å². The summed E-state index contributed by atoms with van der Waals surface area (Å²) in [4.78, 5) is 12.7. The fourth-order valence-electron chi connectivity index (χ4n) is 4.79. The molecule has 3 rings (SSSR count). The largest absolute Gasteiger partial charge is 0.493 e. The summed E-state index contributed by atoms with van der Waals surface area (Å²) in [6.45, 7) is 12.3. The highest BCUT2D eigenvalue weighted by atomic mass is 16.5. The van der Waals surface area contributed by atoms with Gasteiger partial charge in [0.05, 0.1) is 13.2 Å². The summed E-state index contributed by atoms with van der Waals surface area (Å²) in [5.74, 6) is 3.01. The van der Waals surface area contributed by atoms with Crippen LogP contribution in [0.3, 0.4) is 0 Å². The van der Waals surface area contributed by atoms with Crippen LogP contribution < -0.4 is 9.47 Å². The number of methoxy groups -OCH3 is 1. The molecule has 0 amide bonds. The van der Waals surface area contributed by atoms with E-state index < -0.39 is 0 Å². The Morgan fingerprint density at radius 1 is 1.23 bits per heavy atom. The number of fused-ring (bicyclic) bond motifs is 1. The molecule has 4 atom stereocenters. The summed E-state index contributed by atoms with van der Waals surface area (Å²) >= 11 is 0. The van der Waals surface area contributed by atoms with Crippen LogP contribution in [0.4, 0.5) is 0 Å². The fourth-order valence-corrected chi connectivity index (χ4v) is 4.79. The minimum atomic E-state index is 0.0865. The molecule has 0 heterocycles. The van der Waals surface area contributed by atoms with Crippen molar-refractivity contribution in [3.63, 3.8) is 0 Å². The highest BCUT2D eigenvalue weighted by molar-refractivity contribution is 5.84. The summed E-state index contributed by atoms with van der Waals surface area (Å²) in [6.07, 6.45) is 5.49. The van der Waals surface area contributed by atoms with Gasteiger partial charge >= 0.3 is 0 Å². The Labute approximate surface area is 157 Å². The molecule has 2 aliphatic carbocycles. The van der Waals surface area contributed by atoms with Crippen LogP contribution >= 0.6 is 0 Å². The smallest absolute Gasteiger partial charge is 0.161 e. The van der Waals surface area contributed by atoms with Gasteiger partial charge in [-0.25, -0.2) is 0 Å². The summed E-state index contributed by atoms with van der Waals surface area (Å²) in [7, 11) is 1.66. The van der Waals surface area contributed by atoms with Crippen LogP contribution in [0.1, 0.15) is 38.7 Å². The van der Waals surface area contributed by atoms with Gasteiger partial charge in [0.15, 0.2) is 11.5 Å². The Hall–Kier alpha value is -2.03. The molecule has 3 heteroatoms. The molecule has 0 bridgehead atoms. The van der Waals surface area contributed by atoms with Gasteiger partial charge in [-0.1, -0.05) is 24.3 Å². The number of benzene rings is 1. The first-order chi connectivity index (χ1) is 12.4. The van der Waals surface area contributed by atoms with E-state index in [1.807, 2.05) is 26.0 Å². The molecule has 2 saturated carbocycles. The monoisotopic (exact) mass is 354 g/mol. The van der Waals surface area contributed by atoms with Crippen molar-refractivity contribution in [3.05, 3.63) is 48.6 Å². The van der Waals surface area contributed by atoms with Crippen LogP contribution in [-0.4, -0.2) is 19.0 Å². The normalized spacial score (nSPS) is 28.2. The van der Waals surface area contributed by atoms with Crippen molar-refractivity contribution in [2.75, 3.05) is 7.11 Å². The third kappa shape index (κ3) is 3.58. The highest BCUT2D eigenvalue weighted by Crippen LogP contribution is 2.51. The Morgan fingerprint density at radius 3 is 2.65 bits per heavy atom. The fraction of sp³-hybridized carbons (Fsp3) is 0.522. The van der Waals surface area contributed by atoms with Gasteiger partial charge in [-0.05, 0) is 68.6 Å². The van der Waals surface area contributed by atoms with E-state index in [9.17, 15) is 4.79 Å². The number of allylic oxidation sites excluding steroid dienone is 2. The zero-order valence-corrected chi connectivity index (χ0v) is 16.2. The predicted octanol–water partition coefficient (Wildman–Crippen LogP) is 5.00. The summed E-state index contributed by atoms with van der Waals surface area (Å²) < 4.78 is 11.3. The summed E-state index contributed by atoms with van der Waals surface area (Å²) in [5, 5.41) is 0. The second-order valence-electron chi connectivity index (χ2n) is 7.93. The Morgan fingerprint density at radius 2 is 2.00 bits per heavy atom. The maximum Gasteiger partial charge on any atom is 0.161 e. The Kier molecular flexibility index (Phi) is 5.55. The van der Waals surface area contributed by atoms with Gasteiger partial charge < -0.3 is 9.47 Å². The van der Waals surface area contributed by atoms with Gasteiger partial charge in [-0.3, -0.25) is 4.79 Å². The standard InChI is InChI=1S/C23H30O3/c1-6-17-13-18(23-19(24)9-7-15(4)22(17)23)11-16-8-10-20(25-5)21(12-16)26-14(2)3/h6,8,10,12,14,17-18,22-23H,1,4,7,9,11,13H2,2-3,5H3/t17-,18+,22+,23-/m1/s1. The molecule has 140 valence electrons.